The van der Waals surface area contributed by atoms with Gasteiger partial charge in [0.2, 0.25) is 0 Å². The maximum Gasteiger partial charge on any atom is 0.252 e. The molecular formula is C25H24N6O. The molecular weight excluding hydrogens is 400 g/mol. The second-order valence-corrected chi connectivity index (χ2v) is 8.46. The number of piperazine rings is 1. The zero-order chi connectivity index (χ0) is 22.4. The molecule has 0 amide bonds. The molecule has 4 heterocycles. The number of anilines is 2. The number of hydrogen-bond donors (Lipinski definition) is 0. The zero-order valence-corrected chi connectivity index (χ0v) is 18.4. The lowest BCUT2D eigenvalue weighted by Gasteiger charge is -2.46. The lowest BCUT2D eigenvalue weighted by molar-refractivity contribution is 0.479. The van der Waals surface area contributed by atoms with E-state index in [4.69, 9.17) is 4.98 Å². The van der Waals surface area contributed by atoms with Gasteiger partial charge in [0.1, 0.15) is 23.1 Å². The van der Waals surface area contributed by atoms with Crippen LogP contribution >= 0.6 is 0 Å². The molecule has 160 valence electrons. The van der Waals surface area contributed by atoms with Gasteiger partial charge in [-0.1, -0.05) is 24.3 Å². The molecule has 1 aromatic carbocycles. The van der Waals surface area contributed by atoms with Crippen LogP contribution < -0.4 is 15.4 Å². The molecule has 32 heavy (non-hydrogen) atoms. The molecule has 0 spiro atoms. The molecule has 2 atom stereocenters. The van der Waals surface area contributed by atoms with Crippen molar-refractivity contribution in [3.63, 3.8) is 0 Å². The van der Waals surface area contributed by atoms with Crippen molar-refractivity contribution >= 4 is 33.3 Å². The van der Waals surface area contributed by atoms with E-state index >= 15 is 0 Å². The second kappa shape index (κ2) is 7.65. The first-order valence-electron chi connectivity index (χ1n) is 10.8. The number of nitriles is 1. The molecule has 0 N–H and O–H groups in total. The monoisotopic (exact) mass is 424 g/mol. The number of aryl methyl sites for hydroxylation is 1. The van der Waals surface area contributed by atoms with Crippen molar-refractivity contribution in [3.05, 3.63) is 70.8 Å². The smallest absolute Gasteiger partial charge is 0.252 e. The largest absolute Gasteiger partial charge is 0.363 e. The molecule has 0 radical (unpaired) electrons. The van der Waals surface area contributed by atoms with Crippen LogP contribution in [0.3, 0.4) is 0 Å². The summed E-state index contributed by atoms with van der Waals surface area (Å²) in [6, 6.07) is 17.8. The van der Waals surface area contributed by atoms with Crippen LogP contribution in [0.1, 0.15) is 19.5 Å². The third-order valence-electron chi connectivity index (χ3n) is 6.40. The fourth-order valence-corrected chi connectivity index (χ4v) is 4.68. The third-order valence-corrected chi connectivity index (χ3v) is 6.40. The van der Waals surface area contributed by atoms with Crippen LogP contribution in [0.2, 0.25) is 0 Å². The van der Waals surface area contributed by atoms with Crippen molar-refractivity contribution in [1.29, 1.82) is 5.26 Å². The van der Waals surface area contributed by atoms with Gasteiger partial charge in [0.25, 0.3) is 5.56 Å². The third kappa shape index (κ3) is 3.16. The average molecular weight is 425 g/mol. The Morgan fingerprint density at radius 1 is 1.03 bits per heavy atom. The van der Waals surface area contributed by atoms with Gasteiger partial charge < -0.3 is 14.4 Å². The summed E-state index contributed by atoms with van der Waals surface area (Å²) in [5, 5.41) is 11.7. The summed E-state index contributed by atoms with van der Waals surface area (Å²) in [5.41, 5.74) is 2.45. The van der Waals surface area contributed by atoms with Crippen molar-refractivity contribution in [1.82, 2.24) is 14.5 Å². The summed E-state index contributed by atoms with van der Waals surface area (Å²) >= 11 is 0. The normalized spacial score (nSPS) is 18.8. The summed E-state index contributed by atoms with van der Waals surface area (Å²) in [6.07, 6.45) is 1.86. The van der Waals surface area contributed by atoms with Crippen LogP contribution in [0.15, 0.2) is 59.5 Å². The molecule has 1 aliphatic heterocycles. The quantitative estimate of drug-likeness (QED) is 0.490. The van der Waals surface area contributed by atoms with Crippen LogP contribution in [-0.2, 0) is 7.05 Å². The Bertz CT molecular complexity index is 1430. The number of hydrogen-bond acceptors (Lipinski definition) is 6. The molecule has 1 fully saturated rings. The Kier molecular flexibility index (Phi) is 4.78. The summed E-state index contributed by atoms with van der Waals surface area (Å²) in [6.45, 7) is 5.81. The van der Waals surface area contributed by atoms with Crippen molar-refractivity contribution in [2.75, 3.05) is 22.9 Å². The van der Waals surface area contributed by atoms with Gasteiger partial charge in [-0.15, -0.1) is 0 Å². The standard InChI is InChI=1S/C25H24N6O/c1-16-15-31(25-20-7-5-4-6-18(20)10-11-27-25)17(2)14-30(16)22-12-23(32)29(3)21-9-8-19(13-26)28-24(21)22/h4-12,16-17H,14-15H2,1-3H3/t16-,17+/m0/s1. The topological polar surface area (TPSA) is 78.0 Å². The molecule has 1 aliphatic rings. The van der Waals surface area contributed by atoms with E-state index in [1.165, 1.54) is 5.39 Å². The lowest BCUT2D eigenvalue weighted by atomic mass is 10.0. The number of pyridine rings is 3. The van der Waals surface area contributed by atoms with E-state index in [1.54, 1.807) is 29.8 Å². The lowest BCUT2D eigenvalue weighted by Crippen LogP contribution is -2.57. The number of rotatable bonds is 2. The van der Waals surface area contributed by atoms with Crippen LogP contribution in [0, 0.1) is 11.3 Å². The minimum absolute atomic E-state index is 0.0861. The van der Waals surface area contributed by atoms with E-state index < -0.39 is 0 Å². The molecule has 0 unspecified atom stereocenters. The highest BCUT2D eigenvalue weighted by molar-refractivity contribution is 5.93. The minimum Gasteiger partial charge on any atom is -0.363 e. The first kappa shape index (κ1) is 20.0. The molecule has 3 aromatic heterocycles. The van der Waals surface area contributed by atoms with Crippen molar-refractivity contribution in [3.8, 4) is 6.07 Å². The summed E-state index contributed by atoms with van der Waals surface area (Å²) in [4.78, 5) is 26.6. The molecule has 5 rings (SSSR count). The van der Waals surface area contributed by atoms with Gasteiger partial charge in [0.05, 0.1) is 11.2 Å². The number of benzene rings is 1. The second-order valence-electron chi connectivity index (χ2n) is 8.46. The summed E-state index contributed by atoms with van der Waals surface area (Å²) < 4.78 is 1.58. The van der Waals surface area contributed by atoms with Crippen LogP contribution in [0.25, 0.3) is 21.8 Å². The van der Waals surface area contributed by atoms with Gasteiger partial charge >= 0.3 is 0 Å². The summed E-state index contributed by atoms with van der Waals surface area (Å²) in [5.74, 6) is 0.987. The first-order valence-corrected chi connectivity index (χ1v) is 10.8. The van der Waals surface area contributed by atoms with Crippen molar-refractivity contribution in [2.24, 2.45) is 7.05 Å². The number of nitrogens with zero attached hydrogens (tertiary/aromatic N) is 6. The number of aromatic nitrogens is 3. The SMILES string of the molecule is C[C@@H]1CN(c2cc(=O)n(C)c3ccc(C#N)nc23)[C@@H](C)CN1c1nccc2ccccc12. The highest BCUT2D eigenvalue weighted by Gasteiger charge is 2.32. The Hall–Kier alpha value is -3.92. The van der Waals surface area contributed by atoms with Crippen molar-refractivity contribution < 1.29 is 0 Å². The van der Waals surface area contributed by atoms with E-state index in [-0.39, 0.29) is 17.6 Å². The van der Waals surface area contributed by atoms with E-state index in [9.17, 15) is 10.1 Å². The molecule has 0 aliphatic carbocycles. The van der Waals surface area contributed by atoms with E-state index in [2.05, 4.69) is 46.8 Å². The average Bonchev–Trinajstić information content (AvgIpc) is 2.82. The fourth-order valence-electron chi connectivity index (χ4n) is 4.68. The maximum atomic E-state index is 12.7. The molecule has 0 saturated carbocycles. The molecule has 1 saturated heterocycles. The van der Waals surface area contributed by atoms with Crippen LogP contribution in [0.4, 0.5) is 11.5 Å². The van der Waals surface area contributed by atoms with Crippen molar-refractivity contribution in [2.45, 2.75) is 25.9 Å². The predicted molar refractivity (Wildman–Crippen MR) is 127 cm³/mol. The number of fused-ring (bicyclic) bond motifs is 2. The van der Waals surface area contributed by atoms with Gasteiger partial charge in [-0.2, -0.15) is 5.26 Å². The fraction of sp³-hybridized carbons (Fsp3) is 0.280. The highest BCUT2D eigenvalue weighted by atomic mass is 16.1. The zero-order valence-electron chi connectivity index (χ0n) is 18.4. The predicted octanol–water partition coefficient (Wildman–Crippen LogP) is 3.46. The highest BCUT2D eigenvalue weighted by Crippen LogP contribution is 2.32. The molecule has 0 bridgehead atoms. The molecule has 7 nitrogen and oxygen atoms in total. The Labute approximate surface area is 186 Å². The molecule has 7 heteroatoms. The van der Waals surface area contributed by atoms with E-state index in [1.807, 2.05) is 24.4 Å². The summed E-state index contributed by atoms with van der Waals surface area (Å²) in [7, 11) is 1.73. The first-order chi connectivity index (χ1) is 15.5. The van der Waals surface area contributed by atoms with Gasteiger partial charge in [-0.05, 0) is 37.4 Å². The van der Waals surface area contributed by atoms with Crippen LogP contribution in [0.5, 0.6) is 0 Å². The maximum absolute atomic E-state index is 12.7. The Morgan fingerprint density at radius 2 is 1.78 bits per heavy atom. The molecule has 4 aromatic rings. The minimum atomic E-state index is -0.0861. The van der Waals surface area contributed by atoms with Gasteiger partial charge in [0, 0.05) is 49.9 Å². The van der Waals surface area contributed by atoms with Gasteiger partial charge in [-0.25, -0.2) is 9.97 Å². The van der Waals surface area contributed by atoms with Gasteiger partial charge in [-0.3, -0.25) is 4.79 Å². The van der Waals surface area contributed by atoms with Crippen LogP contribution in [-0.4, -0.2) is 39.7 Å². The van der Waals surface area contributed by atoms with E-state index in [0.717, 1.165) is 29.0 Å². The Morgan fingerprint density at radius 3 is 2.59 bits per heavy atom. The van der Waals surface area contributed by atoms with E-state index in [0.29, 0.717) is 17.8 Å². The Balaban J connectivity index is 1.57. The van der Waals surface area contributed by atoms with Gasteiger partial charge in [0.15, 0.2) is 0 Å².